The van der Waals surface area contributed by atoms with Gasteiger partial charge in [0.15, 0.2) is 0 Å². The van der Waals surface area contributed by atoms with E-state index in [9.17, 15) is 18.3 Å². The summed E-state index contributed by atoms with van der Waals surface area (Å²) in [7, 11) is -3.09. The highest BCUT2D eigenvalue weighted by molar-refractivity contribution is 7.91. The molecule has 2 N–H and O–H groups in total. The van der Waals surface area contributed by atoms with E-state index in [2.05, 4.69) is 6.92 Å². The Morgan fingerprint density at radius 3 is 2.08 bits per heavy atom. The minimum atomic E-state index is -3.09. The molecule has 0 aliphatic carbocycles. The van der Waals surface area contributed by atoms with Crippen LogP contribution in [-0.2, 0) is 14.6 Å². The molecule has 0 bridgehead atoms. The molecule has 2 atom stereocenters. The third-order valence-electron chi connectivity index (χ3n) is 4.83. The van der Waals surface area contributed by atoms with Gasteiger partial charge >= 0.3 is 5.97 Å². The molecule has 0 aromatic heterocycles. The van der Waals surface area contributed by atoms with Gasteiger partial charge in [-0.2, -0.15) is 0 Å². The largest absolute Gasteiger partial charge is 0.481 e. The zero-order valence-electron chi connectivity index (χ0n) is 16.3. The van der Waals surface area contributed by atoms with E-state index in [0.29, 0.717) is 25.7 Å². The quantitative estimate of drug-likeness (QED) is 0.390. The molecule has 0 aromatic carbocycles. The highest BCUT2D eigenvalue weighted by atomic mass is 32.2. The summed E-state index contributed by atoms with van der Waals surface area (Å²) >= 11 is 0. The lowest BCUT2D eigenvalue weighted by atomic mass is 9.92. The van der Waals surface area contributed by atoms with Crippen molar-refractivity contribution >= 4 is 15.8 Å². The average molecular weight is 379 g/mol. The van der Waals surface area contributed by atoms with E-state index in [4.69, 9.17) is 5.11 Å². The predicted octanol–water partition coefficient (Wildman–Crippen LogP) is 4.33. The van der Waals surface area contributed by atoms with E-state index in [0.717, 1.165) is 51.4 Å². The number of sulfone groups is 1. The second kappa shape index (κ2) is 12.7. The molecule has 0 radical (unpaired) electrons. The first-order valence-corrected chi connectivity index (χ1v) is 11.7. The molecule has 150 valence electrons. The Morgan fingerprint density at radius 2 is 1.52 bits per heavy atom. The van der Waals surface area contributed by atoms with Crippen LogP contribution < -0.4 is 0 Å². The molecule has 0 aromatic rings. The Kier molecular flexibility index (Phi) is 12.4. The standard InChI is InChI=1S/C19H38O5S/c1-4-5-10-15-19(2,22)16-11-13-17(25(3,23)24)12-8-6-7-9-14-18(20)21/h17,22H,4-16H2,1-3H3,(H,20,21). The third-order valence-corrected chi connectivity index (χ3v) is 6.52. The van der Waals surface area contributed by atoms with Crippen molar-refractivity contribution in [1.82, 2.24) is 0 Å². The molecule has 0 fully saturated rings. The fraction of sp³-hybridized carbons (Fsp3) is 0.947. The molecule has 5 nitrogen and oxygen atoms in total. The van der Waals surface area contributed by atoms with E-state index in [1.54, 1.807) is 0 Å². The van der Waals surface area contributed by atoms with Gasteiger partial charge in [-0.3, -0.25) is 4.79 Å². The number of carboxylic acids is 1. The van der Waals surface area contributed by atoms with Crippen LogP contribution in [0.15, 0.2) is 0 Å². The van der Waals surface area contributed by atoms with Crippen LogP contribution in [0.2, 0.25) is 0 Å². The van der Waals surface area contributed by atoms with Crippen LogP contribution in [0.5, 0.6) is 0 Å². The summed E-state index contributed by atoms with van der Waals surface area (Å²) in [5.41, 5.74) is -0.700. The van der Waals surface area contributed by atoms with E-state index in [1.807, 2.05) is 6.92 Å². The predicted molar refractivity (Wildman–Crippen MR) is 103 cm³/mol. The summed E-state index contributed by atoms with van der Waals surface area (Å²) in [6.45, 7) is 3.98. The minimum absolute atomic E-state index is 0.183. The summed E-state index contributed by atoms with van der Waals surface area (Å²) in [5, 5.41) is 18.6. The fourth-order valence-corrected chi connectivity index (χ4v) is 4.36. The van der Waals surface area contributed by atoms with E-state index >= 15 is 0 Å². The lowest BCUT2D eigenvalue weighted by Gasteiger charge is -2.24. The molecule has 0 spiro atoms. The number of carboxylic acid groups (broad SMARTS) is 1. The highest BCUT2D eigenvalue weighted by Crippen LogP contribution is 2.24. The van der Waals surface area contributed by atoms with Crippen molar-refractivity contribution in [3.05, 3.63) is 0 Å². The number of hydrogen-bond donors (Lipinski definition) is 2. The topological polar surface area (TPSA) is 91.7 Å². The van der Waals surface area contributed by atoms with E-state index < -0.39 is 21.4 Å². The van der Waals surface area contributed by atoms with Gasteiger partial charge in [0.25, 0.3) is 0 Å². The number of aliphatic carboxylic acids is 1. The SMILES string of the molecule is CCCCCC(C)(O)CCCC(CCCCCCC(=O)O)S(C)(=O)=O. The van der Waals surface area contributed by atoms with Gasteiger partial charge in [-0.25, -0.2) is 8.42 Å². The fourth-order valence-electron chi connectivity index (χ4n) is 3.17. The second-order valence-electron chi connectivity index (χ2n) is 7.64. The monoisotopic (exact) mass is 378 g/mol. The van der Waals surface area contributed by atoms with Gasteiger partial charge in [0, 0.05) is 12.7 Å². The van der Waals surface area contributed by atoms with Crippen molar-refractivity contribution in [3.63, 3.8) is 0 Å². The normalized spacial score (nSPS) is 15.7. The van der Waals surface area contributed by atoms with E-state index in [-0.39, 0.29) is 11.7 Å². The van der Waals surface area contributed by atoms with E-state index in [1.165, 1.54) is 6.26 Å². The molecule has 0 aliphatic heterocycles. The lowest BCUT2D eigenvalue weighted by Crippen LogP contribution is -2.26. The molecule has 0 saturated heterocycles. The summed E-state index contributed by atoms with van der Waals surface area (Å²) in [6, 6.07) is 0. The van der Waals surface area contributed by atoms with Gasteiger partial charge < -0.3 is 10.2 Å². The molecule has 0 saturated carbocycles. The first-order chi connectivity index (χ1) is 11.6. The van der Waals surface area contributed by atoms with Gasteiger partial charge in [0.2, 0.25) is 0 Å². The molecule has 25 heavy (non-hydrogen) atoms. The van der Waals surface area contributed by atoms with Gasteiger partial charge in [0.05, 0.1) is 10.9 Å². The van der Waals surface area contributed by atoms with Crippen molar-refractivity contribution in [1.29, 1.82) is 0 Å². The van der Waals surface area contributed by atoms with Crippen LogP contribution in [-0.4, -0.2) is 41.7 Å². The number of hydrogen-bond acceptors (Lipinski definition) is 4. The number of carbonyl (C=O) groups is 1. The minimum Gasteiger partial charge on any atom is -0.481 e. The number of unbranched alkanes of at least 4 members (excludes halogenated alkanes) is 5. The Hall–Kier alpha value is -0.620. The molecule has 0 heterocycles. The van der Waals surface area contributed by atoms with Crippen molar-refractivity contribution in [3.8, 4) is 0 Å². The van der Waals surface area contributed by atoms with Crippen molar-refractivity contribution in [2.75, 3.05) is 6.26 Å². The number of rotatable bonds is 16. The molecule has 2 unspecified atom stereocenters. The second-order valence-corrected chi connectivity index (χ2v) is 9.97. The first-order valence-electron chi connectivity index (χ1n) is 9.71. The Labute approximate surface area is 154 Å². The van der Waals surface area contributed by atoms with Gasteiger partial charge in [-0.15, -0.1) is 0 Å². The summed E-state index contributed by atoms with van der Waals surface area (Å²) < 4.78 is 23.9. The molecule has 0 amide bonds. The van der Waals surface area contributed by atoms with Crippen LogP contribution >= 0.6 is 0 Å². The Bertz CT molecular complexity index is 456. The molecule has 6 heteroatoms. The first kappa shape index (κ1) is 24.4. The molecular weight excluding hydrogens is 340 g/mol. The maximum absolute atomic E-state index is 12.0. The van der Waals surface area contributed by atoms with Gasteiger partial charge in [-0.1, -0.05) is 45.4 Å². The smallest absolute Gasteiger partial charge is 0.303 e. The molecule has 0 aliphatic rings. The van der Waals surface area contributed by atoms with Crippen LogP contribution in [0.25, 0.3) is 0 Å². The van der Waals surface area contributed by atoms with Crippen LogP contribution in [0, 0.1) is 0 Å². The van der Waals surface area contributed by atoms with Crippen LogP contribution in [0.3, 0.4) is 0 Å². The number of aliphatic hydroxyl groups is 1. The maximum Gasteiger partial charge on any atom is 0.303 e. The zero-order valence-corrected chi connectivity index (χ0v) is 17.1. The van der Waals surface area contributed by atoms with Gasteiger partial charge in [0.1, 0.15) is 9.84 Å². The van der Waals surface area contributed by atoms with Crippen LogP contribution in [0.4, 0.5) is 0 Å². The van der Waals surface area contributed by atoms with Gasteiger partial charge in [-0.05, 0) is 45.4 Å². The molecular formula is C19H38O5S. The summed E-state index contributed by atoms with van der Waals surface area (Å²) in [6.07, 6.45) is 11.2. The highest BCUT2D eigenvalue weighted by Gasteiger charge is 2.23. The van der Waals surface area contributed by atoms with Crippen molar-refractivity contribution in [2.24, 2.45) is 0 Å². The third kappa shape index (κ3) is 14.3. The van der Waals surface area contributed by atoms with Crippen molar-refractivity contribution in [2.45, 2.75) is 108 Å². The zero-order chi connectivity index (χ0) is 19.3. The Balaban J connectivity index is 4.14. The van der Waals surface area contributed by atoms with Crippen LogP contribution in [0.1, 0.15) is 97.3 Å². The Morgan fingerprint density at radius 1 is 0.960 bits per heavy atom. The maximum atomic E-state index is 12.0. The summed E-state index contributed by atoms with van der Waals surface area (Å²) in [4.78, 5) is 10.5. The van der Waals surface area contributed by atoms with Crippen molar-refractivity contribution < 1.29 is 23.4 Å². The molecule has 0 rings (SSSR count). The summed E-state index contributed by atoms with van der Waals surface area (Å²) in [5.74, 6) is -0.778. The lowest BCUT2D eigenvalue weighted by molar-refractivity contribution is -0.137. The average Bonchev–Trinajstić information content (AvgIpc) is 2.47.